The summed E-state index contributed by atoms with van der Waals surface area (Å²) in [6.45, 7) is 8.31. The van der Waals surface area contributed by atoms with Crippen LogP contribution in [0.25, 0.3) is 0 Å². The van der Waals surface area contributed by atoms with E-state index in [1.165, 1.54) is 37.7 Å². The number of hydrogen-bond acceptors (Lipinski definition) is 3. The van der Waals surface area contributed by atoms with Crippen molar-refractivity contribution in [2.24, 2.45) is 16.8 Å². The van der Waals surface area contributed by atoms with Crippen molar-refractivity contribution in [3.63, 3.8) is 0 Å². The maximum absolute atomic E-state index is 5.59. The summed E-state index contributed by atoms with van der Waals surface area (Å²) in [5.74, 6) is 1.43. The zero-order valence-corrected chi connectivity index (χ0v) is 14.6. The van der Waals surface area contributed by atoms with Crippen LogP contribution in [0, 0.1) is 5.92 Å². The molecule has 0 aliphatic heterocycles. The predicted octanol–water partition coefficient (Wildman–Crippen LogP) is 5.02. The number of nitrogens with zero attached hydrogens (tertiary/aromatic N) is 1. The van der Waals surface area contributed by atoms with Gasteiger partial charge in [-0.25, -0.2) is 0 Å². The van der Waals surface area contributed by atoms with Gasteiger partial charge in [-0.15, -0.1) is 0 Å². The second-order valence-electron chi connectivity index (χ2n) is 6.64. The highest BCUT2D eigenvalue weighted by Crippen LogP contribution is 2.40. The average molecular weight is 314 g/mol. The van der Waals surface area contributed by atoms with Crippen molar-refractivity contribution in [1.82, 2.24) is 0 Å². The van der Waals surface area contributed by atoms with Crippen LogP contribution in [-0.2, 0) is 4.84 Å². The fourth-order valence-electron chi connectivity index (χ4n) is 2.98. The van der Waals surface area contributed by atoms with Crippen LogP contribution in [-0.4, -0.2) is 12.3 Å². The Kier molecular flexibility index (Phi) is 6.85. The summed E-state index contributed by atoms with van der Waals surface area (Å²) in [5, 5.41) is 4.10. The molecule has 23 heavy (non-hydrogen) atoms. The van der Waals surface area contributed by atoms with Crippen molar-refractivity contribution < 1.29 is 4.84 Å². The maximum Gasteiger partial charge on any atom is 0.124 e. The maximum atomic E-state index is 5.59. The monoisotopic (exact) mass is 314 g/mol. The van der Waals surface area contributed by atoms with Crippen LogP contribution in [0.3, 0.4) is 0 Å². The van der Waals surface area contributed by atoms with E-state index in [-0.39, 0.29) is 0 Å². The van der Waals surface area contributed by atoms with Crippen LogP contribution < -0.4 is 5.73 Å². The first-order valence-electron chi connectivity index (χ1n) is 8.75. The molecule has 1 unspecified atom stereocenters. The summed E-state index contributed by atoms with van der Waals surface area (Å²) in [6.07, 6.45) is 15.2. The molecule has 3 heteroatoms. The predicted molar refractivity (Wildman–Crippen MR) is 98.1 cm³/mol. The third-order valence-electron chi connectivity index (χ3n) is 4.51. The lowest BCUT2D eigenvalue weighted by atomic mass is 9.93. The van der Waals surface area contributed by atoms with E-state index in [1.807, 2.05) is 6.92 Å². The van der Waals surface area contributed by atoms with E-state index < -0.39 is 0 Å². The van der Waals surface area contributed by atoms with Crippen molar-refractivity contribution in [2.45, 2.75) is 58.8 Å². The summed E-state index contributed by atoms with van der Waals surface area (Å²) >= 11 is 0. The van der Waals surface area contributed by atoms with Crippen LogP contribution in [0.1, 0.15) is 58.8 Å². The lowest BCUT2D eigenvalue weighted by Gasteiger charge is -2.14. The number of unbranched alkanes of at least 4 members (excludes halogenated alkanes) is 1. The first kappa shape index (κ1) is 17.7. The highest BCUT2D eigenvalue weighted by Gasteiger charge is 2.27. The first-order valence-corrected chi connectivity index (χ1v) is 8.75. The van der Waals surface area contributed by atoms with Gasteiger partial charge in [0, 0.05) is 0 Å². The van der Waals surface area contributed by atoms with Crippen molar-refractivity contribution in [1.29, 1.82) is 0 Å². The Morgan fingerprint density at radius 1 is 1.39 bits per heavy atom. The molecule has 2 rings (SSSR count). The number of hydrogen-bond donors (Lipinski definition) is 1. The first-order chi connectivity index (χ1) is 11.1. The lowest BCUT2D eigenvalue weighted by molar-refractivity contribution is 0.231. The molecule has 0 heterocycles. The van der Waals surface area contributed by atoms with Crippen LogP contribution in [0.4, 0.5) is 0 Å². The van der Waals surface area contributed by atoms with Crippen LogP contribution in [0.2, 0.25) is 0 Å². The molecule has 1 atom stereocenters. The molecule has 0 saturated heterocycles. The number of rotatable bonds is 9. The number of nitrogens with two attached hydrogens (primary N) is 1. The highest BCUT2D eigenvalue weighted by molar-refractivity contribution is 5.98. The van der Waals surface area contributed by atoms with E-state index in [2.05, 4.69) is 30.0 Å². The Morgan fingerprint density at radius 3 is 2.87 bits per heavy atom. The van der Waals surface area contributed by atoms with Gasteiger partial charge < -0.3 is 10.6 Å². The Labute approximate surface area is 140 Å². The molecule has 2 aliphatic carbocycles. The van der Waals surface area contributed by atoms with Gasteiger partial charge in [-0.2, -0.15) is 0 Å². The summed E-state index contributed by atoms with van der Waals surface area (Å²) < 4.78 is 0. The van der Waals surface area contributed by atoms with E-state index >= 15 is 0 Å². The van der Waals surface area contributed by atoms with E-state index in [0.29, 0.717) is 5.76 Å². The molecule has 0 aromatic rings. The fourth-order valence-corrected chi connectivity index (χ4v) is 2.98. The van der Waals surface area contributed by atoms with Crippen LogP contribution >= 0.6 is 0 Å². The molecule has 0 amide bonds. The van der Waals surface area contributed by atoms with E-state index in [1.54, 1.807) is 18.1 Å². The van der Waals surface area contributed by atoms with Crippen LogP contribution in [0.5, 0.6) is 0 Å². The Hall–Kier alpha value is -1.61. The van der Waals surface area contributed by atoms with E-state index in [0.717, 1.165) is 31.0 Å². The van der Waals surface area contributed by atoms with Crippen LogP contribution in [0.15, 0.2) is 52.4 Å². The van der Waals surface area contributed by atoms with Crippen molar-refractivity contribution >= 4 is 5.71 Å². The molecule has 1 fully saturated rings. The van der Waals surface area contributed by atoms with Gasteiger partial charge >= 0.3 is 0 Å². The average Bonchev–Trinajstić information content (AvgIpc) is 3.28. The minimum atomic E-state index is 0.621. The molecule has 0 aromatic carbocycles. The molecule has 0 spiro atoms. The highest BCUT2D eigenvalue weighted by atomic mass is 16.6. The second kappa shape index (κ2) is 8.88. The molecule has 0 aromatic heterocycles. The molecule has 126 valence electrons. The van der Waals surface area contributed by atoms with Gasteiger partial charge in [0.05, 0.1) is 5.71 Å². The van der Waals surface area contributed by atoms with Gasteiger partial charge in [0.2, 0.25) is 0 Å². The molecule has 0 radical (unpaired) electrons. The van der Waals surface area contributed by atoms with Gasteiger partial charge in [0.1, 0.15) is 5.76 Å². The molecule has 0 bridgehead atoms. The summed E-state index contributed by atoms with van der Waals surface area (Å²) in [7, 11) is 0. The Bertz CT molecular complexity index is 552. The molecular formula is C20H30N2O. The number of allylic oxidation sites excluding steroid dienone is 7. The van der Waals surface area contributed by atoms with Gasteiger partial charge in [-0.3, -0.25) is 0 Å². The van der Waals surface area contributed by atoms with Gasteiger partial charge in [0.25, 0.3) is 0 Å². The molecular weight excluding hydrogens is 284 g/mol. The summed E-state index contributed by atoms with van der Waals surface area (Å²) in [5.41, 5.74) is 11.0. The minimum absolute atomic E-state index is 0.621. The minimum Gasteiger partial charge on any atom is -0.362 e. The standard InChI is InChI=1S/C20H30N2O/c1-15(2)23-22-16(3)18-10-8-17(9-11-18)6-4-5-7-19-14-20(19)12-13-21/h7-8,10,20H,1,4-6,9,11-14,21H2,2-3H3/b19-7?,22-16+. The lowest BCUT2D eigenvalue weighted by Crippen LogP contribution is -2.03. The smallest absolute Gasteiger partial charge is 0.124 e. The largest absolute Gasteiger partial charge is 0.362 e. The van der Waals surface area contributed by atoms with Gasteiger partial charge in [-0.05, 0) is 76.8 Å². The summed E-state index contributed by atoms with van der Waals surface area (Å²) in [4.78, 5) is 5.14. The van der Waals surface area contributed by atoms with Crippen molar-refractivity contribution in [3.8, 4) is 0 Å². The molecule has 1 saturated carbocycles. The quantitative estimate of drug-likeness (QED) is 0.213. The SMILES string of the molecule is C=C(C)O/N=C(\C)C1=CC=C(CCCC=C2CC2CCN)CC1. The zero-order chi connectivity index (χ0) is 16.7. The Morgan fingerprint density at radius 2 is 2.22 bits per heavy atom. The van der Waals surface area contributed by atoms with Gasteiger partial charge in [0.15, 0.2) is 0 Å². The van der Waals surface area contributed by atoms with Crippen molar-refractivity contribution in [3.05, 3.63) is 47.3 Å². The van der Waals surface area contributed by atoms with Gasteiger partial charge in [-0.1, -0.05) is 41.1 Å². The molecule has 3 nitrogen and oxygen atoms in total. The zero-order valence-electron chi connectivity index (χ0n) is 14.6. The molecule has 2 N–H and O–H groups in total. The van der Waals surface area contributed by atoms with E-state index in [9.17, 15) is 0 Å². The third kappa shape index (κ3) is 6.19. The molecule has 2 aliphatic rings. The third-order valence-corrected chi connectivity index (χ3v) is 4.51. The van der Waals surface area contributed by atoms with Crippen molar-refractivity contribution in [2.75, 3.05) is 6.54 Å². The second-order valence-corrected chi connectivity index (χ2v) is 6.64. The topological polar surface area (TPSA) is 47.6 Å². The number of oxime groups is 1. The fraction of sp³-hybridized carbons (Fsp3) is 0.550. The summed E-state index contributed by atoms with van der Waals surface area (Å²) in [6, 6.07) is 0. The van der Waals surface area contributed by atoms with E-state index in [4.69, 9.17) is 10.6 Å². The normalized spacial score (nSPS) is 22.7. The Balaban J connectivity index is 1.72.